The van der Waals surface area contributed by atoms with Gasteiger partial charge in [-0.15, -0.1) is 0 Å². The average molecular weight is 462 g/mol. The van der Waals surface area contributed by atoms with Crippen LogP contribution in [0.2, 0.25) is 10.0 Å². The number of nitrogens with one attached hydrogen (secondary N) is 1. The first kappa shape index (κ1) is 21.2. The first-order chi connectivity index (χ1) is 14.9. The minimum atomic E-state index is -0.127. The Labute approximate surface area is 193 Å². The minimum Gasteiger partial charge on any atom is -0.484 e. The molecule has 1 amide bonds. The summed E-state index contributed by atoms with van der Waals surface area (Å²) in [5, 5.41) is 4.33. The molecule has 0 aliphatic heterocycles. The number of carbonyl (C=O) groups is 1. The molecule has 1 N–H and O–H groups in total. The summed E-state index contributed by atoms with van der Waals surface area (Å²) in [5.74, 6) is 3.92. The average Bonchev–Trinajstić information content (AvgIpc) is 3.19. The van der Waals surface area contributed by atoms with Crippen molar-refractivity contribution in [2.75, 3.05) is 0 Å². The van der Waals surface area contributed by atoms with Crippen LogP contribution in [0.3, 0.4) is 0 Å². The highest BCUT2D eigenvalue weighted by molar-refractivity contribution is 6.35. The molecule has 4 bridgehead atoms. The fraction of sp³-hybridized carbons (Fsp3) is 0.560. The van der Waals surface area contributed by atoms with Crippen molar-refractivity contribution in [3.63, 3.8) is 0 Å². The van der Waals surface area contributed by atoms with Gasteiger partial charge in [0.15, 0.2) is 5.76 Å². The Balaban J connectivity index is 1.23. The zero-order chi connectivity index (χ0) is 21.6. The number of amides is 1. The van der Waals surface area contributed by atoms with Gasteiger partial charge in [-0.05, 0) is 98.4 Å². The lowest BCUT2D eigenvalue weighted by molar-refractivity contribution is -0.0728. The second kappa shape index (κ2) is 8.37. The molecule has 1 unspecified atom stereocenters. The molecule has 1 heterocycles. The van der Waals surface area contributed by atoms with Gasteiger partial charge in [-0.1, -0.05) is 30.1 Å². The van der Waals surface area contributed by atoms with E-state index in [2.05, 4.69) is 12.2 Å². The van der Waals surface area contributed by atoms with Gasteiger partial charge in [-0.3, -0.25) is 4.79 Å². The van der Waals surface area contributed by atoms with Crippen LogP contribution in [0.4, 0.5) is 0 Å². The van der Waals surface area contributed by atoms with Crippen molar-refractivity contribution < 1.29 is 13.9 Å². The SMILES string of the molecule is CCC(NC(=O)c1ccc(COc2ccc(Cl)cc2Cl)o1)C12CC3CC(CC(C3)C1)C2. The summed E-state index contributed by atoms with van der Waals surface area (Å²) in [6.07, 6.45) is 9.00. The normalized spacial score (nSPS) is 29.7. The van der Waals surface area contributed by atoms with E-state index in [0.717, 1.165) is 24.2 Å². The monoisotopic (exact) mass is 461 g/mol. The third kappa shape index (κ3) is 4.21. The highest BCUT2D eigenvalue weighted by atomic mass is 35.5. The Morgan fingerprint density at radius 1 is 1.13 bits per heavy atom. The van der Waals surface area contributed by atoms with Crippen molar-refractivity contribution in [2.24, 2.45) is 23.2 Å². The maximum Gasteiger partial charge on any atom is 0.287 e. The number of rotatable bonds is 7. The van der Waals surface area contributed by atoms with Crippen LogP contribution in [0, 0.1) is 23.2 Å². The number of hydrogen-bond donors (Lipinski definition) is 1. The van der Waals surface area contributed by atoms with Crippen molar-refractivity contribution in [3.05, 3.63) is 51.9 Å². The molecule has 0 saturated heterocycles. The van der Waals surface area contributed by atoms with Crippen LogP contribution in [0.25, 0.3) is 0 Å². The van der Waals surface area contributed by atoms with E-state index in [4.69, 9.17) is 32.4 Å². The summed E-state index contributed by atoms with van der Waals surface area (Å²) >= 11 is 12.1. The van der Waals surface area contributed by atoms with Crippen LogP contribution in [0.15, 0.2) is 34.7 Å². The lowest BCUT2D eigenvalue weighted by Gasteiger charge is -2.59. The van der Waals surface area contributed by atoms with Gasteiger partial charge in [0.1, 0.15) is 18.1 Å². The van der Waals surface area contributed by atoms with Gasteiger partial charge in [-0.2, -0.15) is 0 Å². The first-order valence-electron chi connectivity index (χ1n) is 11.4. The summed E-state index contributed by atoms with van der Waals surface area (Å²) in [5.41, 5.74) is 0.281. The number of carbonyl (C=O) groups excluding carboxylic acids is 1. The molecule has 4 saturated carbocycles. The zero-order valence-corrected chi connectivity index (χ0v) is 19.3. The maximum atomic E-state index is 13.0. The Hall–Kier alpha value is -1.65. The third-order valence-corrected chi connectivity index (χ3v) is 8.22. The molecule has 1 aromatic heterocycles. The highest BCUT2D eigenvalue weighted by Crippen LogP contribution is 2.61. The Morgan fingerprint density at radius 2 is 1.81 bits per heavy atom. The predicted molar refractivity (Wildman–Crippen MR) is 122 cm³/mol. The molecule has 4 aliphatic carbocycles. The summed E-state index contributed by atoms with van der Waals surface area (Å²) in [6, 6.07) is 8.80. The molecule has 4 aliphatic rings. The lowest BCUT2D eigenvalue weighted by atomic mass is 9.47. The molecule has 166 valence electrons. The van der Waals surface area contributed by atoms with E-state index >= 15 is 0 Å². The van der Waals surface area contributed by atoms with Crippen LogP contribution in [0.1, 0.15) is 68.2 Å². The van der Waals surface area contributed by atoms with Gasteiger partial charge in [-0.25, -0.2) is 0 Å². The molecule has 6 heteroatoms. The molecule has 1 atom stereocenters. The van der Waals surface area contributed by atoms with Gasteiger partial charge in [0, 0.05) is 11.1 Å². The predicted octanol–water partition coefficient (Wildman–Crippen LogP) is 6.89. The molecule has 0 spiro atoms. The molecule has 4 nitrogen and oxygen atoms in total. The van der Waals surface area contributed by atoms with E-state index in [-0.39, 0.29) is 24.0 Å². The van der Waals surface area contributed by atoms with E-state index < -0.39 is 0 Å². The number of furan rings is 1. The largest absolute Gasteiger partial charge is 0.484 e. The smallest absolute Gasteiger partial charge is 0.287 e. The van der Waals surface area contributed by atoms with Crippen molar-refractivity contribution >= 4 is 29.1 Å². The summed E-state index contributed by atoms with van der Waals surface area (Å²) < 4.78 is 11.5. The summed E-state index contributed by atoms with van der Waals surface area (Å²) in [6.45, 7) is 2.39. The molecule has 31 heavy (non-hydrogen) atoms. The van der Waals surface area contributed by atoms with Crippen molar-refractivity contribution in [1.29, 1.82) is 0 Å². The zero-order valence-electron chi connectivity index (χ0n) is 17.8. The van der Waals surface area contributed by atoms with Crippen LogP contribution >= 0.6 is 23.2 Å². The minimum absolute atomic E-state index is 0.127. The first-order valence-corrected chi connectivity index (χ1v) is 12.2. The van der Waals surface area contributed by atoms with Crippen molar-refractivity contribution in [2.45, 2.75) is 64.5 Å². The second-order valence-electron chi connectivity index (χ2n) is 9.84. The molecule has 2 aromatic rings. The topological polar surface area (TPSA) is 51.5 Å². The highest BCUT2D eigenvalue weighted by Gasteiger charge is 2.54. The fourth-order valence-corrected chi connectivity index (χ4v) is 7.30. The molecule has 1 aromatic carbocycles. The standard InChI is InChI=1S/C25H29Cl2NO3/c1-2-23(25-11-15-7-16(12-25)9-17(8-15)13-25)28-24(29)22-6-4-19(31-22)14-30-21-5-3-18(26)10-20(21)27/h3-6,10,15-17,23H,2,7-9,11-14H2,1H3,(H,28,29). The fourth-order valence-electron chi connectivity index (χ4n) is 6.84. The van der Waals surface area contributed by atoms with E-state index in [1.54, 1.807) is 30.3 Å². The van der Waals surface area contributed by atoms with Gasteiger partial charge in [0.25, 0.3) is 5.91 Å². The van der Waals surface area contributed by atoms with Crippen molar-refractivity contribution in [1.82, 2.24) is 5.32 Å². The van der Waals surface area contributed by atoms with Gasteiger partial charge in [0.2, 0.25) is 0 Å². The third-order valence-electron chi connectivity index (χ3n) is 7.69. The van der Waals surface area contributed by atoms with Crippen LogP contribution in [-0.4, -0.2) is 11.9 Å². The second-order valence-corrected chi connectivity index (χ2v) is 10.7. The molecule has 4 fully saturated rings. The molecule has 6 rings (SSSR count). The number of halogens is 2. The van der Waals surface area contributed by atoms with Crippen molar-refractivity contribution in [3.8, 4) is 5.75 Å². The molecule has 0 radical (unpaired) electrons. The molecular weight excluding hydrogens is 433 g/mol. The Kier molecular flexibility index (Phi) is 5.72. The van der Waals surface area contributed by atoms with Crippen LogP contribution in [0.5, 0.6) is 5.75 Å². The maximum absolute atomic E-state index is 13.0. The van der Waals surface area contributed by atoms with E-state index in [0.29, 0.717) is 27.3 Å². The van der Waals surface area contributed by atoms with Gasteiger partial charge in [0.05, 0.1) is 5.02 Å². The quantitative estimate of drug-likeness (QED) is 0.488. The van der Waals surface area contributed by atoms with E-state index in [1.165, 1.54) is 38.5 Å². The van der Waals surface area contributed by atoms with Crippen LogP contribution in [-0.2, 0) is 6.61 Å². The lowest BCUT2D eigenvalue weighted by Crippen LogP contribution is -2.56. The van der Waals surface area contributed by atoms with Gasteiger partial charge >= 0.3 is 0 Å². The summed E-state index contributed by atoms with van der Waals surface area (Å²) in [7, 11) is 0. The molecular formula is C25H29Cl2NO3. The number of ether oxygens (including phenoxy) is 1. The number of hydrogen-bond acceptors (Lipinski definition) is 3. The van der Waals surface area contributed by atoms with Crippen LogP contribution < -0.4 is 10.1 Å². The number of benzene rings is 1. The Morgan fingerprint density at radius 3 is 2.42 bits per heavy atom. The summed E-state index contributed by atoms with van der Waals surface area (Å²) in [4.78, 5) is 13.0. The Bertz CT molecular complexity index is 934. The van der Waals surface area contributed by atoms with E-state index in [1.807, 2.05) is 0 Å². The van der Waals surface area contributed by atoms with E-state index in [9.17, 15) is 4.79 Å². The van der Waals surface area contributed by atoms with Gasteiger partial charge < -0.3 is 14.5 Å².